The molecule has 4 heterocycles. The van der Waals surface area contributed by atoms with E-state index in [1.54, 1.807) is 29.2 Å². The van der Waals surface area contributed by atoms with Gasteiger partial charge < -0.3 is 10.3 Å². The highest BCUT2D eigenvalue weighted by molar-refractivity contribution is 6.31. The number of pyridine rings is 1. The third-order valence-electron chi connectivity index (χ3n) is 5.71. The number of aromatic amines is 2. The van der Waals surface area contributed by atoms with Crippen LogP contribution >= 0.6 is 11.6 Å². The lowest BCUT2D eigenvalue weighted by Crippen LogP contribution is -2.02. The highest BCUT2D eigenvalue weighted by Crippen LogP contribution is 2.30. The molecule has 0 spiro atoms. The van der Waals surface area contributed by atoms with E-state index in [1.165, 1.54) is 6.07 Å². The van der Waals surface area contributed by atoms with E-state index >= 15 is 4.39 Å². The summed E-state index contributed by atoms with van der Waals surface area (Å²) >= 11 is 6.10. The molecule has 4 aromatic heterocycles. The van der Waals surface area contributed by atoms with Crippen molar-refractivity contribution in [1.29, 1.82) is 0 Å². The van der Waals surface area contributed by atoms with Gasteiger partial charge in [0.05, 0.1) is 22.8 Å². The lowest BCUT2D eigenvalue weighted by Gasteiger charge is -2.08. The van der Waals surface area contributed by atoms with Gasteiger partial charge in [-0.1, -0.05) is 23.7 Å². The quantitative estimate of drug-likeness (QED) is 0.316. The molecule has 3 N–H and O–H groups in total. The fraction of sp³-hybridized carbons (Fsp3) is 0.0833. The van der Waals surface area contributed by atoms with Crippen molar-refractivity contribution >= 4 is 39.5 Å². The van der Waals surface area contributed by atoms with E-state index in [0.717, 1.165) is 33.1 Å². The van der Waals surface area contributed by atoms with E-state index < -0.39 is 0 Å². The van der Waals surface area contributed by atoms with Gasteiger partial charge in [-0.25, -0.2) is 14.4 Å². The largest absolute Gasteiger partial charge is 0.364 e. The number of aromatic nitrogens is 7. The number of benzene rings is 2. The highest BCUT2D eigenvalue weighted by atomic mass is 35.5. The lowest BCUT2D eigenvalue weighted by atomic mass is 10.0. The molecule has 10 heteroatoms. The second-order valence-electron chi connectivity index (χ2n) is 7.97. The Hall–Kier alpha value is -4.24. The molecule has 0 saturated heterocycles. The van der Waals surface area contributed by atoms with Gasteiger partial charge in [0.1, 0.15) is 11.6 Å². The maximum absolute atomic E-state index is 15.1. The van der Waals surface area contributed by atoms with Gasteiger partial charge in [-0.15, -0.1) is 0 Å². The van der Waals surface area contributed by atoms with Crippen LogP contribution < -0.4 is 5.32 Å². The predicted octanol–water partition coefficient (Wildman–Crippen LogP) is 5.31. The topological polar surface area (TPSA) is 100 Å². The summed E-state index contributed by atoms with van der Waals surface area (Å²) < 4.78 is 16.8. The van der Waals surface area contributed by atoms with Crippen molar-refractivity contribution in [1.82, 2.24) is 34.9 Å². The van der Waals surface area contributed by atoms with E-state index in [9.17, 15) is 0 Å². The van der Waals surface area contributed by atoms with E-state index in [-0.39, 0.29) is 12.4 Å². The highest BCUT2D eigenvalue weighted by Gasteiger charge is 2.14. The zero-order chi connectivity index (χ0) is 23.2. The van der Waals surface area contributed by atoms with Crippen LogP contribution in [0.2, 0.25) is 5.02 Å². The van der Waals surface area contributed by atoms with Crippen LogP contribution in [0, 0.1) is 5.82 Å². The van der Waals surface area contributed by atoms with Gasteiger partial charge >= 0.3 is 0 Å². The zero-order valence-corrected chi connectivity index (χ0v) is 18.7. The minimum Gasteiger partial charge on any atom is -0.364 e. The van der Waals surface area contributed by atoms with Gasteiger partial charge in [-0.05, 0) is 35.9 Å². The van der Waals surface area contributed by atoms with Crippen molar-refractivity contribution in [3.05, 3.63) is 77.5 Å². The van der Waals surface area contributed by atoms with Crippen molar-refractivity contribution in [3.8, 4) is 22.5 Å². The Labute approximate surface area is 197 Å². The first-order valence-corrected chi connectivity index (χ1v) is 10.9. The first kappa shape index (κ1) is 20.4. The molecule has 34 heavy (non-hydrogen) atoms. The molecular formula is C24H18ClFN8. The van der Waals surface area contributed by atoms with Crippen molar-refractivity contribution in [2.24, 2.45) is 7.05 Å². The second kappa shape index (κ2) is 7.96. The van der Waals surface area contributed by atoms with Crippen molar-refractivity contribution in [2.75, 3.05) is 5.32 Å². The summed E-state index contributed by atoms with van der Waals surface area (Å²) in [4.78, 5) is 12.2. The first-order chi connectivity index (χ1) is 16.5. The predicted molar refractivity (Wildman–Crippen MR) is 130 cm³/mol. The molecule has 2 aromatic carbocycles. The van der Waals surface area contributed by atoms with Gasteiger partial charge in [-0.3, -0.25) is 9.78 Å². The van der Waals surface area contributed by atoms with Crippen LogP contribution in [-0.2, 0) is 13.6 Å². The smallest absolute Gasteiger partial charge is 0.178 e. The summed E-state index contributed by atoms with van der Waals surface area (Å²) in [7, 11) is 1.85. The van der Waals surface area contributed by atoms with Gasteiger partial charge in [0.15, 0.2) is 11.5 Å². The molecule has 0 radical (unpaired) electrons. The van der Waals surface area contributed by atoms with Crippen molar-refractivity contribution in [2.45, 2.75) is 6.54 Å². The molecule has 8 nitrogen and oxygen atoms in total. The van der Waals surface area contributed by atoms with Gasteiger partial charge in [-0.2, -0.15) is 10.2 Å². The molecular weight excluding hydrogens is 455 g/mol. The number of anilines is 1. The monoisotopic (exact) mass is 472 g/mol. The fourth-order valence-corrected chi connectivity index (χ4v) is 4.16. The molecule has 0 aliphatic carbocycles. The molecule has 0 aliphatic rings. The number of halogens is 2. The van der Waals surface area contributed by atoms with Crippen molar-refractivity contribution < 1.29 is 4.39 Å². The molecule has 168 valence electrons. The Morgan fingerprint density at radius 2 is 2.03 bits per heavy atom. The van der Waals surface area contributed by atoms with Crippen LogP contribution in [0.15, 0.2) is 61.1 Å². The summed E-state index contributed by atoms with van der Waals surface area (Å²) in [6.45, 7) is 0.277. The van der Waals surface area contributed by atoms with Gasteiger partial charge in [0.2, 0.25) is 0 Å². The Kier molecular flexibility index (Phi) is 4.77. The van der Waals surface area contributed by atoms with E-state index in [2.05, 4.69) is 35.6 Å². The van der Waals surface area contributed by atoms with Gasteiger partial charge in [0.25, 0.3) is 0 Å². The molecule has 0 aliphatic heterocycles. The third kappa shape index (κ3) is 3.56. The Balaban J connectivity index is 1.29. The number of hydrogen-bond acceptors (Lipinski definition) is 5. The number of aryl methyl sites for hydroxylation is 1. The lowest BCUT2D eigenvalue weighted by molar-refractivity contribution is 0.613. The van der Waals surface area contributed by atoms with E-state index in [1.807, 2.05) is 37.5 Å². The zero-order valence-electron chi connectivity index (χ0n) is 18.0. The summed E-state index contributed by atoms with van der Waals surface area (Å²) in [5.74, 6) is 0.965. The van der Waals surface area contributed by atoms with Crippen molar-refractivity contribution in [3.63, 3.8) is 0 Å². The summed E-state index contributed by atoms with van der Waals surface area (Å²) in [6, 6.07) is 12.5. The number of nitrogens with one attached hydrogen (secondary N) is 3. The second-order valence-corrected chi connectivity index (χ2v) is 8.40. The summed E-state index contributed by atoms with van der Waals surface area (Å²) in [6.07, 6.45) is 5.28. The number of hydrogen-bond donors (Lipinski definition) is 3. The molecule has 0 fully saturated rings. The maximum atomic E-state index is 15.1. The molecule has 6 aromatic rings. The minimum atomic E-state index is -0.320. The van der Waals surface area contributed by atoms with Crippen LogP contribution in [0.25, 0.3) is 44.6 Å². The summed E-state index contributed by atoms with van der Waals surface area (Å²) in [5, 5.41) is 16.1. The minimum absolute atomic E-state index is 0.277. The summed E-state index contributed by atoms with van der Waals surface area (Å²) in [5.41, 5.74) is 5.08. The van der Waals surface area contributed by atoms with Crippen LogP contribution in [-0.4, -0.2) is 34.9 Å². The fourth-order valence-electron chi connectivity index (χ4n) is 3.99. The van der Waals surface area contributed by atoms with E-state index in [0.29, 0.717) is 27.9 Å². The number of fused-ring (bicyclic) bond motifs is 2. The average molecular weight is 473 g/mol. The standard InChI is InChI=1S/C24H18ClFN8/c1-34-12-15(11-29-34)22-30-21-17(6-7-27-24(21)31-22)13-2-3-14(19(26)8-13)10-28-23-18-9-16(25)4-5-20(18)32-33-23/h2-9,11-12H,10H2,1H3,(H,27,30,31)(H2,28,32,33). The number of imidazole rings is 1. The Bertz CT molecular complexity index is 1660. The number of rotatable bonds is 5. The Morgan fingerprint density at radius 1 is 1.12 bits per heavy atom. The normalized spacial score (nSPS) is 11.5. The first-order valence-electron chi connectivity index (χ1n) is 10.6. The van der Waals surface area contributed by atoms with Crippen LogP contribution in [0.5, 0.6) is 0 Å². The number of nitrogens with zero attached hydrogens (tertiary/aromatic N) is 5. The molecule has 0 unspecified atom stereocenters. The van der Waals surface area contributed by atoms with Crippen LogP contribution in [0.4, 0.5) is 10.2 Å². The third-order valence-corrected chi connectivity index (χ3v) is 5.94. The SMILES string of the molecule is Cn1cc(-c2nc3nccc(-c4ccc(CNc5n[nH]c6ccc(Cl)cc56)c(F)c4)c3[nH]2)cn1. The molecule has 0 bridgehead atoms. The average Bonchev–Trinajstić information content (AvgIpc) is 3.55. The number of H-pyrrole nitrogens is 2. The molecule has 0 saturated carbocycles. The van der Waals surface area contributed by atoms with E-state index in [4.69, 9.17) is 11.6 Å². The van der Waals surface area contributed by atoms with Gasteiger partial charge in [0, 0.05) is 47.5 Å². The molecule has 0 amide bonds. The van der Waals surface area contributed by atoms with Crippen LogP contribution in [0.1, 0.15) is 5.56 Å². The Morgan fingerprint density at radius 3 is 2.85 bits per heavy atom. The molecule has 6 rings (SSSR count). The van der Waals surface area contributed by atoms with Crippen LogP contribution in [0.3, 0.4) is 0 Å². The molecule has 0 atom stereocenters. The maximum Gasteiger partial charge on any atom is 0.178 e.